The van der Waals surface area contributed by atoms with Crippen LogP contribution >= 0.6 is 0 Å². The van der Waals surface area contributed by atoms with Crippen molar-refractivity contribution in [1.82, 2.24) is 15.5 Å². The number of nitrogens with zero attached hydrogens (tertiary/aromatic N) is 1. The van der Waals surface area contributed by atoms with Gasteiger partial charge in [0.25, 0.3) is 0 Å². The smallest absolute Gasteiger partial charge is 0.207 e. The highest BCUT2D eigenvalue weighted by Gasteiger charge is 2.31. The Kier molecular flexibility index (Phi) is 11.6. The number of hydrogen-bond acceptors (Lipinski definition) is 3. The standard InChI is InChI=1S/C18H35N3O2/c1-2-3-4-5-6-7-8-9-10-11-12-21-13-17(19-15-22)18(14-21)20-16-23/h15-18H,2-14H2,1H3,(H,19,22)(H,20,23). The molecule has 1 aliphatic rings. The van der Waals surface area contributed by atoms with Crippen LogP contribution in [0.1, 0.15) is 71.1 Å². The first-order valence-electron chi connectivity index (χ1n) is 9.43. The summed E-state index contributed by atoms with van der Waals surface area (Å²) in [5.41, 5.74) is 0. The van der Waals surface area contributed by atoms with E-state index < -0.39 is 0 Å². The third kappa shape index (κ3) is 8.94. The number of rotatable bonds is 15. The van der Waals surface area contributed by atoms with Gasteiger partial charge in [0.05, 0.1) is 12.1 Å². The number of amides is 2. The highest BCUT2D eigenvalue weighted by Crippen LogP contribution is 2.13. The van der Waals surface area contributed by atoms with Crippen molar-refractivity contribution in [2.45, 2.75) is 83.2 Å². The predicted molar refractivity (Wildman–Crippen MR) is 94.3 cm³/mol. The Bertz CT molecular complexity index is 295. The van der Waals surface area contributed by atoms with Gasteiger partial charge in [0.15, 0.2) is 0 Å². The van der Waals surface area contributed by atoms with Crippen molar-refractivity contribution in [3.05, 3.63) is 0 Å². The van der Waals surface area contributed by atoms with Crippen LogP contribution in [-0.2, 0) is 9.59 Å². The topological polar surface area (TPSA) is 61.4 Å². The minimum Gasteiger partial charge on any atom is -0.353 e. The van der Waals surface area contributed by atoms with E-state index in [1.54, 1.807) is 0 Å². The molecule has 1 fully saturated rings. The average Bonchev–Trinajstić information content (AvgIpc) is 2.92. The minimum atomic E-state index is 0.0424. The van der Waals surface area contributed by atoms with Crippen molar-refractivity contribution < 1.29 is 9.59 Å². The van der Waals surface area contributed by atoms with Gasteiger partial charge < -0.3 is 10.6 Å². The number of likely N-dealkylation sites (tertiary alicyclic amines) is 1. The third-order valence-electron chi connectivity index (χ3n) is 4.79. The molecule has 2 unspecified atom stereocenters. The molecule has 0 aromatic carbocycles. The van der Waals surface area contributed by atoms with Crippen LogP contribution in [0.15, 0.2) is 0 Å². The van der Waals surface area contributed by atoms with E-state index in [0.29, 0.717) is 0 Å². The molecule has 0 saturated carbocycles. The average molecular weight is 325 g/mol. The fraction of sp³-hybridized carbons (Fsp3) is 0.889. The molecule has 134 valence electrons. The summed E-state index contributed by atoms with van der Waals surface area (Å²) in [6.07, 6.45) is 14.9. The van der Waals surface area contributed by atoms with Gasteiger partial charge in [-0.05, 0) is 13.0 Å². The van der Waals surface area contributed by atoms with Crippen molar-refractivity contribution in [2.24, 2.45) is 0 Å². The van der Waals surface area contributed by atoms with Gasteiger partial charge in [-0.2, -0.15) is 0 Å². The molecule has 1 saturated heterocycles. The Balaban J connectivity index is 1.99. The first kappa shape index (κ1) is 19.9. The Morgan fingerprint density at radius 1 is 0.783 bits per heavy atom. The van der Waals surface area contributed by atoms with Gasteiger partial charge >= 0.3 is 0 Å². The molecule has 5 nitrogen and oxygen atoms in total. The van der Waals surface area contributed by atoms with E-state index >= 15 is 0 Å². The van der Waals surface area contributed by atoms with Crippen LogP contribution in [0, 0.1) is 0 Å². The zero-order valence-electron chi connectivity index (χ0n) is 14.8. The maximum atomic E-state index is 10.6. The molecule has 2 amide bonds. The van der Waals surface area contributed by atoms with Crippen LogP contribution in [0.3, 0.4) is 0 Å². The van der Waals surface area contributed by atoms with E-state index in [1.807, 2.05) is 0 Å². The molecule has 23 heavy (non-hydrogen) atoms. The molecule has 0 aliphatic carbocycles. The van der Waals surface area contributed by atoms with E-state index in [0.717, 1.165) is 32.5 Å². The van der Waals surface area contributed by atoms with E-state index in [2.05, 4.69) is 22.5 Å². The van der Waals surface area contributed by atoms with Crippen LogP contribution in [0.4, 0.5) is 0 Å². The summed E-state index contributed by atoms with van der Waals surface area (Å²) in [7, 11) is 0. The van der Waals surface area contributed by atoms with E-state index in [1.165, 1.54) is 64.2 Å². The van der Waals surface area contributed by atoms with E-state index in [-0.39, 0.29) is 12.1 Å². The van der Waals surface area contributed by atoms with Gasteiger partial charge in [0, 0.05) is 13.1 Å². The Hall–Kier alpha value is -1.10. The molecular formula is C18H35N3O2. The summed E-state index contributed by atoms with van der Waals surface area (Å²) in [5, 5.41) is 5.61. The SMILES string of the molecule is CCCCCCCCCCCCN1CC(NC=O)C(NC=O)C1. The first-order valence-corrected chi connectivity index (χ1v) is 9.43. The van der Waals surface area contributed by atoms with E-state index in [9.17, 15) is 9.59 Å². The monoisotopic (exact) mass is 325 g/mol. The second-order valence-electron chi connectivity index (χ2n) is 6.72. The van der Waals surface area contributed by atoms with Gasteiger partial charge in [-0.3, -0.25) is 14.5 Å². The summed E-state index contributed by atoms with van der Waals surface area (Å²) >= 11 is 0. The molecule has 0 aromatic heterocycles. The molecule has 0 spiro atoms. The molecule has 1 heterocycles. The molecule has 0 aromatic rings. The van der Waals surface area contributed by atoms with Crippen molar-refractivity contribution in [1.29, 1.82) is 0 Å². The number of nitrogens with one attached hydrogen (secondary N) is 2. The van der Waals surface area contributed by atoms with Crippen LogP contribution in [-0.4, -0.2) is 49.4 Å². The number of carbonyl (C=O) groups excluding carboxylic acids is 2. The van der Waals surface area contributed by atoms with Crippen molar-refractivity contribution in [2.75, 3.05) is 19.6 Å². The lowest BCUT2D eigenvalue weighted by molar-refractivity contribution is -0.112. The Morgan fingerprint density at radius 2 is 1.22 bits per heavy atom. The van der Waals surface area contributed by atoms with Gasteiger partial charge in [0.1, 0.15) is 0 Å². The highest BCUT2D eigenvalue weighted by atomic mass is 16.1. The van der Waals surface area contributed by atoms with Crippen molar-refractivity contribution in [3.8, 4) is 0 Å². The maximum Gasteiger partial charge on any atom is 0.207 e. The summed E-state index contributed by atoms with van der Waals surface area (Å²) in [5.74, 6) is 0. The summed E-state index contributed by atoms with van der Waals surface area (Å²) in [4.78, 5) is 23.6. The van der Waals surface area contributed by atoms with Gasteiger partial charge in [-0.15, -0.1) is 0 Å². The molecule has 0 radical (unpaired) electrons. The Morgan fingerprint density at radius 3 is 1.65 bits per heavy atom. The molecule has 2 N–H and O–H groups in total. The number of hydrogen-bond donors (Lipinski definition) is 2. The van der Waals surface area contributed by atoms with Gasteiger partial charge in [-0.25, -0.2) is 0 Å². The van der Waals surface area contributed by atoms with Crippen LogP contribution in [0.5, 0.6) is 0 Å². The fourth-order valence-electron chi connectivity index (χ4n) is 3.40. The zero-order valence-corrected chi connectivity index (χ0v) is 14.8. The molecule has 0 bridgehead atoms. The molecule has 1 aliphatic heterocycles. The third-order valence-corrected chi connectivity index (χ3v) is 4.79. The first-order chi connectivity index (χ1) is 11.3. The lowest BCUT2D eigenvalue weighted by Gasteiger charge is -2.15. The zero-order chi connectivity index (χ0) is 16.8. The van der Waals surface area contributed by atoms with Crippen molar-refractivity contribution in [3.63, 3.8) is 0 Å². The van der Waals surface area contributed by atoms with Gasteiger partial charge in [0.2, 0.25) is 12.8 Å². The molecule has 5 heteroatoms. The van der Waals surface area contributed by atoms with Crippen LogP contribution in [0.25, 0.3) is 0 Å². The minimum absolute atomic E-state index is 0.0424. The molecule has 1 rings (SSSR count). The maximum absolute atomic E-state index is 10.6. The predicted octanol–water partition coefficient (Wildman–Crippen LogP) is 2.45. The normalized spacial score (nSPS) is 21.3. The number of unbranched alkanes of at least 4 members (excludes halogenated alkanes) is 9. The molecular weight excluding hydrogens is 290 g/mol. The quantitative estimate of drug-likeness (QED) is 0.359. The second kappa shape index (κ2) is 13.3. The highest BCUT2D eigenvalue weighted by molar-refractivity contribution is 5.50. The lowest BCUT2D eigenvalue weighted by Crippen LogP contribution is -2.46. The Labute approximate surface area is 141 Å². The van der Waals surface area contributed by atoms with Crippen molar-refractivity contribution >= 4 is 12.8 Å². The van der Waals surface area contributed by atoms with Crippen LogP contribution < -0.4 is 10.6 Å². The second-order valence-corrected chi connectivity index (χ2v) is 6.72. The summed E-state index contributed by atoms with van der Waals surface area (Å²) in [6, 6.07) is 0.0849. The van der Waals surface area contributed by atoms with E-state index in [4.69, 9.17) is 0 Å². The lowest BCUT2D eigenvalue weighted by atomic mass is 10.1. The summed E-state index contributed by atoms with van der Waals surface area (Å²) < 4.78 is 0. The van der Waals surface area contributed by atoms with Gasteiger partial charge in [-0.1, -0.05) is 64.7 Å². The fourth-order valence-corrected chi connectivity index (χ4v) is 3.40. The van der Waals surface area contributed by atoms with Crippen LogP contribution in [0.2, 0.25) is 0 Å². The number of carbonyl (C=O) groups is 2. The largest absolute Gasteiger partial charge is 0.353 e. The molecule has 2 atom stereocenters. The summed E-state index contributed by atoms with van der Waals surface area (Å²) in [6.45, 7) is 4.99.